The van der Waals surface area contributed by atoms with Gasteiger partial charge in [0.15, 0.2) is 0 Å². The molecule has 2 N–H and O–H groups in total. The number of alkyl halides is 3. The van der Waals surface area contributed by atoms with Gasteiger partial charge in [-0.3, -0.25) is 19.5 Å². The van der Waals surface area contributed by atoms with Gasteiger partial charge in [0.1, 0.15) is 22.0 Å². The first-order valence-electron chi connectivity index (χ1n) is 10.6. The molecule has 0 saturated carbocycles. The monoisotopic (exact) mass is 536 g/mol. The number of nitrogens with zero attached hydrogens (tertiary/aromatic N) is 2. The Morgan fingerprint density at radius 2 is 1.70 bits per heavy atom. The summed E-state index contributed by atoms with van der Waals surface area (Å²) in [5.41, 5.74) is -2.23. The Morgan fingerprint density at radius 1 is 0.973 bits per heavy atom. The lowest BCUT2D eigenvalue weighted by Crippen LogP contribution is -2.29. The maximum absolute atomic E-state index is 14.1. The van der Waals surface area contributed by atoms with E-state index in [1.165, 1.54) is 37.5 Å². The summed E-state index contributed by atoms with van der Waals surface area (Å²) in [4.78, 5) is 20.6. The van der Waals surface area contributed by atoms with Crippen LogP contribution in [-0.2, 0) is 16.2 Å². The van der Waals surface area contributed by atoms with Crippen LogP contribution >= 0.6 is 0 Å². The van der Waals surface area contributed by atoms with Crippen molar-refractivity contribution in [2.75, 3.05) is 4.72 Å². The molecule has 0 saturated heterocycles. The summed E-state index contributed by atoms with van der Waals surface area (Å²) in [5.74, 6) is -2.78. The number of carbonyl (C=O) groups excluding carboxylic acids is 1. The van der Waals surface area contributed by atoms with Gasteiger partial charge in [0, 0.05) is 24.0 Å². The Labute approximate surface area is 207 Å². The van der Waals surface area contributed by atoms with Crippen molar-refractivity contribution in [2.45, 2.75) is 24.0 Å². The Hall–Kier alpha value is -4.13. The number of carbonyl (C=O) groups is 1. The van der Waals surface area contributed by atoms with Crippen molar-refractivity contribution in [1.29, 1.82) is 0 Å². The molecule has 0 bridgehead atoms. The predicted octanol–water partition coefficient (Wildman–Crippen LogP) is 5.22. The van der Waals surface area contributed by atoms with E-state index in [9.17, 15) is 35.2 Å². The van der Waals surface area contributed by atoms with Crippen molar-refractivity contribution in [3.63, 3.8) is 0 Å². The highest BCUT2D eigenvalue weighted by Crippen LogP contribution is 2.34. The summed E-state index contributed by atoms with van der Waals surface area (Å²) in [7, 11) is -4.55. The molecule has 3 aromatic carbocycles. The van der Waals surface area contributed by atoms with Crippen LogP contribution in [0.3, 0.4) is 0 Å². The zero-order chi connectivity index (χ0) is 27.0. The van der Waals surface area contributed by atoms with Gasteiger partial charge in [-0.1, -0.05) is 12.1 Å². The molecule has 0 radical (unpaired) electrons. The zero-order valence-corrected chi connectivity index (χ0v) is 19.7. The van der Waals surface area contributed by atoms with E-state index < -0.39 is 56.6 Å². The van der Waals surface area contributed by atoms with E-state index in [4.69, 9.17) is 0 Å². The van der Waals surface area contributed by atoms with Crippen LogP contribution in [0.1, 0.15) is 34.5 Å². The first-order chi connectivity index (χ1) is 17.4. The van der Waals surface area contributed by atoms with Gasteiger partial charge >= 0.3 is 6.18 Å². The second kappa shape index (κ2) is 9.73. The zero-order valence-electron chi connectivity index (χ0n) is 18.8. The van der Waals surface area contributed by atoms with Gasteiger partial charge in [-0.2, -0.15) is 13.2 Å². The quantitative estimate of drug-likeness (QED) is 0.329. The highest BCUT2D eigenvalue weighted by atomic mass is 32.2. The molecular formula is C24H17F5N4O3S. The second-order valence-electron chi connectivity index (χ2n) is 7.90. The number of nitrogens with one attached hydrogen (secondary N) is 2. The van der Waals surface area contributed by atoms with E-state index in [0.717, 1.165) is 18.2 Å². The lowest BCUT2D eigenvalue weighted by atomic mass is 10.1. The Morgan fingerprint density at radius 3 is 2.41 bits per heavy atom. The summed E-state index contributed by atoms with van der Waals surface area (Å²) < 4.78 is 96.0. The SMILES string of the molecule is C[C@@H](NC(=O)c1ccc(C(F)(F)F)cc1NS(=O)(=O)c1cccc2nccnc12)c1ccc(F)cc1F. The number of sulfonamides is 1. The van der Waals surface area contributed by atoms with Crippen molar-refractivity contribution in [3.8, 4) is 0 Å². The van der Waals surface area contributed by atoms with Crippen LogP contribution < -0.4 is 10.0 Å². The minimum absolute atomic E-state index is 0.0316. The lowest BCUT2D eigenvalue weighted by Gasteiger charge is -2.19. The summed E-state index contributed by atoms with van der Waals surface area (Å²) in [6.07, 6.45) is -2.25. The second-order valence-corrected chi connectivity index (χ2v) is 9.56. The molecule has 7 nitrogen and oxygen atoms in total. The molecule has 4 aromatic rings. The fraction of sp³-hybridized carbons (Fsp3) is 0.125. The number of amides is 1. The molecule has 4 rings (SSSR count). The first-order valence-corrected chi connectivity index (χ1v) is 12.0. The van der Waals surface area contributed by atoms with Gasteiger partial charge in [0.25, 0.3) is 15.9 Å². The third-order valence-corrected chi connectivity index (χ3v) is 6.76. The van der Waals surface area contributed by atoms with Crippen LogP contribution in [-0.4, -0.2) is 24.3 Å². The van der Waals surface area contributed by atoms with E-state index in [1.807, 2.05) is 4.72 Å². The molecule has 1 atom stereocenters. The molecule has 37 heavy (non-hydrogen) atoms. The molecule has 0 spiro atoms. The largest absolute Gasteiger partial charge is 0.416 e. The molecular weight excluding hydrogens is 519 g/mol. The van der Waals surface area contributed by atoms with Crippen LogP contribution in [0.25, 0.3) is 11.0 Å². The highest BCUT2D eigenvalue weighted by Gasteiger charge is 2.33. The van der Waals surface area contributed by atoms with E-state index in [1.54, 1.807) is 0 Å². The number of hydrogen-bond acceptors (Lipinski definition) is 5. The normalized spacial score (nSPS) is 12.8. The fourth-order valence-corrected chi connectivity index (χ4v) is 4.83. The van der Waals surface area contributed by atoms with Crippen LogP contribution in [0, 0.1) is 11.6 Å². The first kappa shape index (κ1) is 25.9. The smallest absolute Gasteiger partial charge is 0.345 e. The predicted molar refractivity (Wildman–Crippen MR) is 124 cm³/mol. The van der Waals surface area contributed by atoms with Gasteiger partial charge in [-0.25, -0.2) is 17.2 Å². The number of anilines is 1. The number of fused-ring (bicyclic) bond motifs is 1. The number of aromatic nitrogens is 2. The Balaban J connectivity index is 1.73. The standard InChI is InChI=1S/C24H17F5N4O3S/c1-13(16-8-6-15(25)12-18(16)26)32-23(34)17-7-5-14(24(27,28)29)11-20(17)33-37(35,36)21-4-2-3-19-22(21)31-10-9-30-19/h2-13,33H,1H3,(H,32,34)/t13-/m1/s1. The molecule has 0 aliphatic carbocycles. The number of rotatable bonds is 6. The molecule has 192 valence electrons. The summed E-state index contributed by atoms with van der Waals surface area (Å²) in [6.45, 7) is 1.37. The Kier molecular flexibility index (Phi) is 6.82. The van der Waals surface area contributed by atoms with Gasteiger partial charge in [-0.05, 0) is 43.3 Å². The summed E-state index contributed by atoms with van der Waals surface area (Å²) in [6, 6.07) is 7.62. The third-order valence-electron chi connectivity index (χ3n) is 5.36. The van der Waals surface area contributed by atoms with Crippen molar-refractivity contribution in [3.05, 3.63) is 95.3 Å². The third kappa shape index (κ3) is 5.50. The van der Waals surface area contributed by atoms with Crippen molar-refractivity contribution >= 4 is 32.7 Å². The molecule has 0 aliphatic heterocycles. The fourth-order valence-electron chi connectivity index (χ4n) is 3.59. The van der Waals surface area contributed by atoms with Crippen LogP contribution in [0.2, 0.25) is 0 Å². The van der Waals surface area contributed by atoms with Crippen LogP contribution in [0.5, 0.6) is 0 Å². The average molecular weight is 536 g/mol. The number of para-hydroxylation sites is 1. The van der Waals surface area contributed by atoms with Gasteiger partial charge < -0.3 is 5.32 Å². The molecule has 1 aromatic heterocycles. The van der Waals surface area contributed by atoms with Crippen LogP contribution in [0.15, 0.2) is 71.9 Å². The number of halogens is 5. The van der Waals surface area contributed by atoms with Crippen molar-refractivity contribution < 1.29 is 35.2 Å². The number of benzene rings is 3. The summed E-state index contributed by atoms with van der Waals surface area (Å²) >= 11 is 0. The molecule has 0 aliphatic rings. The maximum Gasteiger partial charge on any atom is 0.416 e. The van der Waals surface area contributed by atoms with Gasteiger partial charge in [-0.15, -0.1) is 0 Å². The molecule has 0 unspecified atom stereocenters. The van der Waals surface area contributed by atoms with E-state index in [-0.39, 0.29) is 21.5 Å². The number of hydrogen-bond donors (Lipinski definition) is 2. The average Bonchev–Trinajstić information content (AvgIpc) is 2.82. The topological polar surface area (TPSA) is 101 Å². The molecule has 13 heteroatoms. The molecule has 1 amide bonds. The van der Waals surface area contributed by atoms with Gasteiger partial charge in [0.2, 0.25) is 0 Å². The van der Waals surface area contributed by atoms with Crippen molar-refractivity contribution in [1.82, 2.24) is 15.3 Å². The minimum Gasteiger partial charge on any atom is -0.345 e. The Bertz CT molecular complexity index is 1600. The molecule has 0 fully saturated rings. The minimum atomic E-state index is -4.84. The van der Waals surface area contributed by atoms with Crippen LogP contribution in [0.4, 0.5) is 27.6 Å². The highest BCUT2D eigenvalue weighted by molar-refractivity contribution is 7.93. The maximum atomic E-state index is 14.1. The van der Waals surface area contributed by atoms with Crippen molar-refractivity contribution in [2.24, 2.45) is 0 Å². The van der Waals surface area contributed by atoms with E-state index >= 15 is 0 Å². The van der Waals surface area contributed by atoms with Gasteiger partial charge in [0.05, 0.1) is 28.4 Å². The summed E-state index contributed by atoms with van der Waals surface area (Å²) in [5, 5.41) is 2.39. The van der Waals surface area contributed by atoms with E-state index in [2.05, 4.69) is 15.3 Å². The van der Waals surface area contributed by atoms with E-state index in [0.29, 0.717) is 18.2 Å². The lowest BCUT2D eigenvalue weighted by molar-refractivity contribution is -0.137. The molecule has 1 heterocycles.